The van der Waals surface area contributed by atoms with Gasteiger partial charge in [-0.25, -0.2) is 0 Å². The summed E-state index contributed by atoms with van der Waals surface area (Å²) < 4.78 is 0. The molecule has 0 saturated carbocycles. The molecule has 4 atom stereocenters. The van der Waals surface area contributed by atoms with Gasteiger partial charge in [-0.15, -0.1) is 0 Å². The van der Waals surface area contributed by atoms with E-state index in [1.165, 1.54) is 11.8 Å². The number of rotatable bonds is 12. The largest absolute Gasteiger partial charge is 0.480 e. The quantitative estimate of drug-likeness (QED) is 0.176. The number of hydrogen-bond acceptors (Lipinski definition) is 7. The van der Waals surface area contributed by atoms with E-state index in [0.717, 1.165) is 0 Å². The van der Waals surface area contributed by atoms with Gasteiger partial charge in [0.05, 0.1) is 12.6 Å². The monoisotopic (exact) mass is 498 g/mol. The number of nitrogens with one attached hydrogen (secondary N) is 4. The minimum absolute atomic E-state index is 0.107. The molecule has 198 valence electrons. The van der Waals surface area contributed by atoms with Gasteiger partial charge in [0.1, 0.15) is 24.7 Å². The van der Waals surface area contributed by atoms with E-state index in [9.17, 15) is 28.8 Å². The number of amides is 5. The maximum Gasteiger partial charge on any atom is 0.322 e. The summed E-state index contributed by atoms with van der Waals surface area (Å²) in [7, 11) is 0. The Labute approximate surface area is 204 Å². The lowest BCUT2D eigenvalue weighted by Gasteiger charge is -2.28. The second kappa shape index (κ2) is 13.6. The summed E-state index contributed by atoms with van der Waals surface area (Å²) in [5.41, 5.74) is 5.74. The van der Waals surface area contributed by atoms with Crippen molar-refractivity contribution < 1.29 is 33.9 Å². The number of likely N-dealkylation sites (tertiary alicyclic amines) is 1. The summed E-state index contributed by atoms with van der Waals surface area (Å²) in [6, 6.07) is -3.54. The SMILES string of the molecule is CC(C)C(N)C(=O)NCC(=O)NC(C(=O)N[C@@H](C)C(=O)N1CCC[C@H]1C(=O)NCC(=O)O)C(C)C. The van der Waals surface area contributed by atoms with Crippen LogP contribution in [0.4, 0.5) is 0 Å². The number of nitrogens with two attached hydrogens (primary N) is 1. The molecule has 5 amide bonds. The molecular formula is C22H38N6O7. The molecule has 13 nitrogen and oxygen atoms in total. The van der Waals surface area contributed by atoms with Crippen molar-refractivity contribution >= 4 is 35.5 Å². The molecule has 1 rings (SSSR count). The fraction of sp³-hybridized carbons (Fsp3) is 0.727. The topological polar surface area (TPSA) is 200 Å². The normalized spacial score (nSPS) is 17.9. The first-order chi connectivity index (χ1) is 16.3. The van der Waals surface area contributed by atoms with Crippen LogP contribution in [0.15, 0.2) is 0 Å². The number of aliphatic carboxylic acids is 1. The van der Waals surface area contributed by atoms with E-state index in [2.05, 4.69) is 21.3 Å². The zero-order valence-electron chi connectivity index (χ0n) is 20.9. The second-order valence-corrected chi connectivity index (χ2v) is 9.31. The molecule has 1 heterocycles. The van der Waals surface area contributed by atoms with Crippen molar-refractivity contribution in [2.45, 2.75) is 71.6 Å². The molecule has 0 aromatic carbocycles. The first-order valence-electron chi connectivity index (χ1n) is 11.7. The molecule has 2 unspecified atom stereocenters. The Bertz CT molecular complexity index is 816. The minimum Gasteiger partial charge on any atom is -0.480 e. The van der Waals surface area contributed by atoms with Gasteiger partial charge in [0.2, 0.25) is 29.5 Å². The van der Waals surface area contributed by atoms with Gasteiger partial charge in [-0.3, -0.25) is 28.8 Å². The number of hydrogen-bond donors (Lipinski definition) is 6. The van der Waals surface area contributed by atoms with Gasteiger partial charge >= 0.3 is 5.97 Å². The molecule has 1 aliphatic rings. The Morgan fingerprint density at radius 3 is 2.09 bits per heavy atom. The van der Waals surface area contributed by atoms with Crippen molar-refractivity contribution in [2.75, 3.05) is 19.6 Å². The second-order valence-electron chi connectivity index (χ2n) is 9.31. The third-order valence-electron chi connectivity index (χ3n) is 5.69. The van der Waals surface area contributed by atoms with Gasteiger partial charge in [-0.2, -0.15) is 0 Å². The van der Waals surface area contributed by atoms with Crippen molar-refractivity contribution in [2.24, 2.45) is 17.6 Å². The number of carbonyl (C=O) groups is 6. The zero-order chi connectivity index (χ0) is 26.9. The van der Waals surface area contributed by atoms with Crippen LogP contribution in [0.2, 0.25) is 0 Å². The number of carboxylic acid groups (broad SMARTS) is 1. The lowest BCUT2D eigenvalue weighted by atomic mass is 10.0. The Morgan fingerprint density at radius 1 is 0.914 bits per heavy atom. The molecule has 1 fully saturated rings. The summed E-state index contributed by atoms with van der Waals surface area (Å²) in [5.74, 6) is -4.34. The Balaban J connectivity index is 2.70. The standard InChI is InChI=1S/C22H38N6O7/c1-11(2)17(23)20(33)24-9-15(29)27-18(12(3)4)21(34)26-13(5)22(35)28-8-6-7-14(28)19(32)25-10-16(30)31/h11-14,17-18H,6-10,23H2,1-5H3,(H,24,33)(H,25,32)(H,26,34)(H,27,29)(H,30,31)/t13-,14-,17?,18?/m0/s1. The molecule has 1 aliphatic heterocycles. The van der Waals surface area contributed by atoms with Crippen molar-refractivity contribution in [3.8, 4) is 0 Å². The average molecular weight is 499 g/mol. The fourth-order valence-electron chi connectivity index (χ4n) is 3.54. The first kappa shape index (κ1) is 29.8. The fourth-order valence-corrected chi connectivity index (χ4v) is 3.54. The van der Waals surface area contributed by atoms with Crippen LogP contribution in [-0.4, -0.2) is 89.3 Å². The van der Waals surface area contributed by atoms with Crippen molar-refractivity contribution in [1.29, 1.82) is 0 Å². The van der Waals surface area contributed by atoms with Gasteiger partial charge in [0, 0.05) is 6.54 Å². The number of carbonyl (C=O) groups excluding carboxylic acids is 5. The van der Waals surface area contributed by atoms with E-state index in [0.29, 0.717) is 19.4 Å². The Kier molecular flexibility index (Phi) is 11.6. The highest BCUT2D eigenvalue weighted by Gasteiger charge is 2.37. The summed E-state index contributed by atoms with van der Waals surface area (Å²) >= 11 is 0. The van der Waals surface area contributed by atoms with Crippen molar-refractivity contribution in [1.82, 2.24) is 26.2 Å². The summed E-state index contributed by atoms with van der Waals surface area (Å²) in [6.07, 6.45) is 0.948. The summed E-state index contributed by atoms with van der Waals surface area (Å²) in [5, 5.41) is 18.6. The number of nitrogens with zero attached hydrogens (tertiary/aromatic N) is 1. The number of carboxylic acids is 1. The summed E-state index contributed by atoms with van der Waals surface area (Å²) in [6.45, 7) is 7.84. The molecule has 0 spiro atoms. The molecule has 0 aliphatic carbocycles. The van der Waals surface area contributed by atoms with Crippen LogP contribution in [0.25, 0.3) is 0 Å². The van der Waals surface area contributed by atoms with Gasteiger partial charge in [-0.05, 0) is 31.6 Å². The predicted octanol–water partition coefficient (Wildman–Crippen LogP) is -2.08. The average Bonchev–Trinajstić information content (AvgIpc) is 3.27. The molecule has 13 heteroatoms. The smallest absolute Gasteiger partial charge is 0.322 e. The molecule has 35 heavy (non-hydrogen) atoms. The maximum absolute atomic E-state index is 12.9. The van der Waals surface area contributed by atoms with Crippen LogP contribution in [0.1, 0.15) is 47.5 Å². The van der Waals surface area contributed by atoms with Crippen LogP contribution in [0, 0.1) is 11.8 Å². The molecule has 7 N–H and O–H groups in total. The van der Waals surface area contributed by atoms with Gasteiger partial charge < -0.3 is 37.0 Å². The van der Waals surface area contributed by atoms with E-state index >= 15 is 0 Å². The third kappa shape index (κ3) is 9.15. The third-order valence-corrected chi connectivity index (χ3v) is 5.69. The van der Waals surface area contributed by atoms with Crippen molar-refractivity contribution in [3.05, 3.63) is 0 Å². The molecule has 0 aromatic heterocycles. The van der Waals surface area contributed by atoms with Gasteiger partial charge in [-0.1, -0.05) is 27.7 Å². The van der Waals surface area contributed by atoms with Gasteiger partial charge in [0.25, 0.3) is 0 Å². The molecule has 0 radical (unpaired) electrons. The van der Waals surface area contributed by atoms with Crippen molar-refractivity contribution in [3.63, 3.8) is 0 Å². The van der Waals surface area contributed by atoms with Crippen LogP contribution in [0.3, 0.4) is 0 Å². The summed E-state index contributed by atoms with van der Waals surface area (Å²) in [4.78, 5) is 74.3. The highest BCUT2D eigenvalue weighted by Crippen LogP contribution is 2.18. The van der Waals surface area contributed by atoms with Crippen LogP contribution in [-0.2, 0) is 28.8 Å². The van der Waals surface area contributed by atoms with Crippen LogP contribution in [0.5, 0.6) is 0 Å². The predicted molar refractivity (Wildman–Crippen MR) is 126 cm³/mol. The van der Waals surface area contributed by atoms with Gasteiger partial charge in [0.15, 0.2) is 0 Å². The Hall–Kier alpha value is -3.22. The first-order valence-corrected chi connectivity index (χ1v) is 11.7. The maximum atomic E-state index is 12.9. The zero-order valence-corrected chi connectivity index (χ0v) is 20.9. The molecule has 1 saturated heterocycles. The highest BCUT2D eigenvalue weighted by atomic mass is 16.4. The molecule has 0 aromatic rings. The molecule has 0 bridgehead atoms. The Morgan fingerprint density at radius 2 is 1.54 bits per heavy atom. The van der Waals surface area contributed by atoms with E-state index in [1.807, 2.05) is 0 Å². The van der Waals surface area contributed by atoms with E-state index in [4.69, 9.17) is 10.8 Å². The highest BCUT2D eigenvalue weighted by molar-refractivity contribution is 5.95. The van der Waals surface area contributed by atoms with E-state index < -0.39 is 66.2 Å². The van der Waals surface area contributed by atoms with E-state index in [-0.39, 0.29) is 18.4 Å². The minimum atomic E-state index is -1.20. The molecular weight excluding hydrogens is 460 g/mol. The van der Waals surface area contributed by atoms with Crippen LogP contribution >= 0.6 is 0 Å². The lowest BCUT2D eigenvalue weighted by molar-refractivity contribution is -0.142. The lowest BCUT2D eigenvalue weighted by Crippen LogP contribution is -2.57. The van der Waals surface area contributed by atoms with E-state index in [1.54, 1.807) is 27.7 Å². The van der Waals surface area contributed by atoms with Crippen LogP contribution < -0.4 is 27.0 Å².